The predicted molar refractivity (Wildman–Crippen MR) is 55.4 cm³/mol. The highest BCUT2D eigenvalue weighted by atomic mass is 32.2. The van der Waals surface area contributed by atoms with Crippen LogP contribution in [0.3, 0.4) is 0 Å². The molecule has 0 aliphatic heterocycles. The van der Waals surface area contributed by atoms with Gasteiger partial charge in [0.25, 0.3) is 0 Å². The summed E-state index contributed by atoms with van der Waals surface area (Å²) >= 11 is 0. The zero-order valence-electron chi connectivity index (χ0n) is 8.67. The van der Waals surface area contributed by atoms with E-state index in [0.717, 1.165) is 6.42 Å². The van der Waals surface area contributed by atoms with Crippen LogP contribution in [-0.4, -0.2) is 33.7 Å². The van der Waals surface area contributed by atoms with Crippen LogP contribution < -0.4 is 10.0 Å². The molecule has 84 valence electrons. The van der Waals surface area contributed by atoms with Gasteiger partial charge in [0.05, 0.1) is 5.75 Å². The maximum Gasteiger partial charge on any atom is 0.219 e. The molecule has 14 heavy (non-hydrogen) atoms. The molecule has 0 atom stereocenters. The minimum Gasteiger partial charge on any atom is -0.356 e. The molecular weight excluding hydrogens is 204 g/mol. The molecule has 0 aliphatic carbocycles. The van der Waals surface area contributed by atoms with E-state index in [0.29, 0.717) is 19.4 Å². The average molecular weight is 222 g/mol. The smallest absolute Gasteiger partial charge is 0.219 e. The Morgan fingerprint density at radius 3 is 2.50 bits per heavy atom. The first kappa shape index (κ1) is 13.4. The van der Waals surface area contributed by atoms with Crippen LogP contribution >= 0.6 is 0 Å². The van der Waals surface area contributed by atoms with Crippen LogP contribution in [0.2, 0.25) is 0 Å². The number of carbonyl (C=O) groups excluding carboxylic acids is 1. The fraction of sp³-hybridized carbons (Fsp3) is 0.875. The predicted octanol–water partition coefficient (Wildman–Crippen LogP) is -0.158. The summed E-state index contributed by atoms with van der Waals surface area (Å²) in [6.07, 6.45) is 1.75. The lowest BCUT2D eigenvalue weighted by molar-refractivity contribution is -0.121. The van der Waals surface area contributed by atoms with Crippen molar-refractivity contribution < 1.29 is 13.2 Å². The van der Waals surface area contributed by atoms with Crippen molar-refractivity contribution >= 4 is 15.9 Å². The van der Waals surface area contributed by atoms with Gasteiger partial charge in [0.2, 0.25) is 15.9 Å². The summed E-state index contributed by atoms with van der Waals surface area (Å²) in [5.74, 6) is 0.0324. The summed E-state index contributed by atoms with van der Waals surface area (Å²) in [4.78, 5) is 11.0. The second-order valence-electron chi connectivity index (χ2n) is 2.98. The number of hydrogen-bond donors (Lipinski definition) is 2. The monoisotopic (exact) mass is 222 g/mol. The van der Waals surface area contributed by atoms with Crippen LogP contribution in [-0.2, 0) is 14.8 Å². The van der Waals surface area contributed by atoms with Gasteiger partial charge in [0, 0.05) is 13.0 Å². The van der Waals surface area contributed by atoms with E-state index in [1.54, 1.807) is 0 Å². The van der Waals surface area contributed by atoms with E-state index in [9.17, 15) is 13.2 Å². The first-order valence-corrected chi connectivity index (χ1v) is 6.35. The van der Waals surface area contributed by atoms with Gasteiger partial charge in [-0.05, 0) is 19.9 Å². The lowest BCUT2D eigenvalue weighted by atomic mass is 10.3. The van der Waals surface area contributed by atoms with Crippen LogP contribution in [0, 0.1) is 0 Å². The van der Waals surface area contributed by atoms with Crippen molar-refractivity contribution in [3.05, 3.63) is 0 Å². The van der Waals surface area contributed by atoms with Crippen molar-refractivity contribution in [2.24, 2.45) is 0 Å². The van der Waals surface area contributed by atoms with Crippen LogP contribution in [0.1, 0.15) is 26.2 Å². The number of nitrogens with one attached hydrogen (secondary N) is 2. The van der Waals surface area contributed by atoms with Gasteiger partial charge >= 0.3 is 0 Å². The van der Waals surface area contributed by atoms with Gasteiger partial charge in [-0.2, -0.15) is 0 Å². The molecule has 6 heteroatoms. The number of carbonyl (C=O) groups is 1. The van der Waals surface area contributed by atoms with Crippen LogP contribution in [0.4, 0.5) is 0 Å². The summed E-state index contributed by atoms with van der Waals surface area (Å²) in [6.45, 7) is 2.34. The van der Waals surface area contributed by atoms with Gasteiger partial charge in [-0.15, -0.1) is 0 Å². The van der Waals surface area contributed by atoms with Crippen molar-refractivity contribution in [3.63, 3.8) is 0 Å². The maximum atomic E-state index is 11.0. The van der Waals surface area contributed by atoms with Crippen LogP contribution in [0.15, 0.2) is 0 Å². The number of sulfonamides is 1. The Morgan fingerprint density at radius 2 is 2.00 bits per heavy atom. The van der Waals surface area contributed by atoms with E-state index < -0.39 is 10.0 Å². The zero-order valence-corrected chi connectivity index (χ0v) is 9.49. The SMILES string of the molecule is CCCC(=O)NCCCS(=O)(=O)NC. The second kappa shape index (κ2) is 6.78. The maximum absolute atomic E-state index is 11.0. The molecule has 0 aliphatic rings. The molecule has 0 aromatic heterocycles. The Morgan fingerprint density at radius 1 is 1.36 bits per heavy atom. The fourth-order valence-corrected chi connectivity index (χ4v) is 1.64. The Kier molecular flexibility index (Phi) is 6.48. The Labute approximate surface area is 85.3 Å². The molecule has 0 bridgehead atoms. The van der Waals surface area contributed by atoms with E-state index in [1.165, 1.54) is 7.05 Å². The molecule has 1 amide bonds. The highest BCUT2D eigenvalue weighted by Crippen LogP contribution is 1.89. The van der Waals surface area contributed by atoms with Crippen molar-refractivity contribution in [3.8, 4) is 0 Å². The van der Waals surface area contributed by atoms with Gasteiger partial charge in [0.1, 0.15) is 0 Å². The molecule has 5 nitrogen and oxygen atoms in total. The topological polar surface area (TPSA) is 75.3 Å². The van der Waals surface area contributed by atoms with Gasteiger partial charge in [-0.3, -0.25) is 4.79 Å². The van der Waals surface area contributed by atoms with E-state index >= 15 is 0 Å². The quantitative estimate of drug-likeness (QED) is 0.588. The summed E-state index contributed by atoms with van der Waals surface area (Å²) in [5, 5.41) is 2.65. The van der Waals surface area contributed by atoms with Crippen molar-refractivity contribution in [1.82, 2.24) is 10.0 Å². The van der Waals surface area contributed by atoms with Gasteiger partial charge in [-0.25, -0.2) is 13.1 Å². The first-order chi connectivity index (χ1) is 6.52. The molecule has 0 unspecified atom stereocenters. The fourth-order valence-electron chi connectivity index (χ4n) is 0.908. The molecule has 0 aromatic carbocycles. The molecule has 0 spiro atoms. The standard InChI is InChI=1S/C8H18N2O3S/c1-3-5-8(11)10-6-4-7-14(12,13)9-2/h9H,3-7H2,1-2H3,(H,10,11). The second-order valence-corrected chi connectivity index (χ2v) is 5.02. The highest BCUT2D eigenvalue weighted by molar-refractivity contribution is 7.89. The third kappa shape index (κ3) is 6.85. The molecule has 2 N–H and O–H groups in total. The summed E-state index contributed by atoms with van der Waals surface area (Å²) in [5.41, 5.74) is 0. The average Bonchev–Trinajstić information content (AvgIpc) is 2.13. The Hall–Kier alpha value is -0.620. The molecule has 0 fully saturated rings. The van der Waals surface area contributed by atoms with E-state index in [-0.39, 0.29) is 11.7 Å². The number of hydrogen-bond acceptors (Lipinski definition) is 3. The summed E-state index contributed by atoms with van der Waals surface area (Å²) < 4.78 is 24.1. The van der Waals surface area contributed by atoms with Crippen molar-refractivity contribution in [1.29, 1.82) is 0 Å². The Balaban J connectivity index is 3.52. The molecular formula is C8H18N2O3S. The lowest BCUT2D eigenvalue weighted by Crippen LogP contribution is -2.28. The third-order valence-electron chi connectivity index (χ3n) is 1.70. The molecule has 0 heterocycles. The van der Waals surface area contributed by atoms with Crippen LogP contribution in [0.25, 0.3) is 0 Å². The highest BCUT2D eigenvalue weighted by Gasteiger charge is 2.06. The largest absolute Gasteiger partial charge is 0.356 e. The van der Waals surface area contributed by atoms with Crippen molar-refractivity contribution in [2.45, 2.75) is 26.2 Å². The van der Waals surface area contributed by atoms with E-state index in [1.807, 2.05) is 6.92 Å². The molecule has 0 aromatic rings. The van der Waals surface area contributed by atoms with Gasteiger partial charge < -0.3 is 5.32 Å². The minimum atomic E-state index is -3.13. The normalized spacial score (nSPS) is 11.3. The minimum absolute atomic E-state index is 0.0191. The summed E-state index contributed by atoms with van der Waals surface area (Å²) in [7, 11) is -1.75. The molecule has 0 saturated carbocycles. The number of amides is 1. The van der Waals surface area contributed by atoms with E-state index in [4.69, 9.17) is 0 Å². The molecule has 0 radical (unpaired) electrons. The summed E-state index contributed by atoms with van der Waals surface area (Å²) in [6, 6.07) is 0. The first-order valence-electron chi connectivity index (χ1n) is 4.69. The number of rotatable bonds is 7. The molecule has 0 saturated heterocycles. The van der Waals surface area contributed by atoms with Crippen LogP contribution in [0.5, 0.6) is 0 Å². The third-order valence-corrected chi connectivity index (χ3v) is 3.15. The Bertz CT molecular complexity index is 262. The van der Waals surface area contributed by atoms with Gasteiger partial charge in [0.15, 0.2) is 0 Å². The lowest BCUT2D eigenvalue weighted by Gasteiger charge is -2.04. The zero-order chi connectivity index (χ0) is 11.0. The van der Waals surface area contributed by atoms with E-state index in [2.05, 4.69) is 10.0 Å². The molecule has 0 rings (SSSR count). The van der Waals surface area contributed by atoms with Crippen molar-refractivity contribution in [2.75, 3.05) is 19.3 Å². The van der Waals surface area contributed by atoms with Gasteiger partial charge in [-0.1, -0.05) is 6.92 Å².